The molecule has 0 aliphatic rings. The highest BCUT2D eigenvalue weighted by molar-refractivity contribution is 5.96. The molecular formula is C21H27N5O4. The van der Waals surface area contributed by atoms with Crippen LogP contribution in [0.5, 0.6) is 0 Å². The van der Waals surface area contributed by atoms with Crippen LogP contribution in [0.3, 0.4) is 0 Å². The number of nitrogens with zero attached hydrogens (tertiary/aromatic N) is 2. The number of nitrogens with one attached hydrogen (secondary N) is 2. The number of nitrogens with two attached hydrogens (primary N) is 1. The number of methoxy groups -OCH3 is 1. The van der Waals surface area contributed by atoms with Crippen molar-refractivity contribution in [1.29, 1.82) is 0 Å². The van der Waals surface area contributed by atoms with Crippen molar-refractivity contribution in [2.24, 2.45) is 0 Å². The highest BCUT2D eigenvalue weighted by Crippen LogP contribution is 2.21. The molecule has 9 nitrogen and oxygen atoms in total. The fraction of sp³-hybridized carbons (Fsp3) is 0.381. The second-order valence-corrected chi connectivity index (χ2v) is 7.04. The minimum Gasteiger partial charge on any atom is -0.383 e. The number of aromatic nitrogens is 3. The molecule has 0 radical (unpaired) electrons. The summed E-state index contributed by atoms with van der Waals surface area (Å²) in [5, 5.41) is 1.06. The predicted octanol–water partition coefficient (Wildman–Crippen LogP) is 1.62. The Balaban J connectivity index is 1.90. The number of nitrogen functional groups attached to an aromatic ring is 1. The number of carbonyl (C=O) groups is 1. The van der Waals surface area contributed by atoms with Crippen LogP contribution in [0.25, 0.3) is 10.9 Å². The second kappa shape index (κ2) is 9.45. The average molecular weight is 413 g/mol. The van der Waals surface area contributed by atoms with Crippen molar-refractivity contribution in [2.45, 2.75) is 32.7 Å². The van der Waals surface area contributed by atoms with Gasteiger partial charge in [0.1, 0.15) is 5.82 Å². The number of ether oxygens (including phenoxy) is 1. The monoisotopic (exact) mass is 413 g/mol. The van der Waals surface area contributed by atoms with Gasteiger partial charge in [-0.3, -0.25) is 19.1 Å². The minimum absolute atomic E-state index is 0.0102. The van der Waals surface area contributed by atoms with Gasteiger partial charge < -0.3 is 20.4 Å². The Bertz CT molecular complexity index is 1140. The topological polar surface area (TPSA) is 126 Å². The number of para-hydroxylation sites is 1. The van der Waals surface area contributed by atoms with Crippen LogP contribution >= 0.6 is 0 Å². The number of fused-ring (bicyclic) bond motifs is 1. The minimum atomic E-state index is -0.679. The number of aryl methyl sites for hydroxylation is 1. The fourth-order valence-corrected chi connectivity index (χ4v) is 3.54. The smallest absolute Gasteiger partial charge is 0.330 e. The Morgan fingerprint density at radius 2 is 2.03 bits per heavy atom. The van der Waals surface area contributed by atoms with Crippen molar-refractivity contribution in [2.75, 3.05) is 30.9 Å². The van der Waals surface area contributed by atoms with E-state index in [9.17, 15) is 14.4 Å². The van der Waals surface area contributed by atoms with Gasteiger partial charge >= 0.3 is 5.69 Å². The van der Waals surface area contributed by atoms with E-state index < -0.39 is 11.2 Å². The van der Waals surface area contributed by atoms with E-state index in [1.165, 1.54) is 16.6 Å². The molecule has 4 N–H and O–H groups in total. The summed E-state index contributed by atoms with van der Waals surface area (Å²) in [6.07, 6.45) is 3.22. The first kappa shape index (κ1) is 21.4. The van der Waals surface area contributed by atoms with Gasteiger partial charge in [0.15, 0.2) is 5.69 Å². The van der Waals surface area contributed by atoms with E-state index in [1.807, 2.05) is 37.4 Å². The molecule has 30 heavy (non-hydrogen) atoms. The molecule has 2 heterocycles. The summed E-state index contributed by atoms with van der Waals surface area (Å²) in [7, 11) is 1.51. The molecule has 0 spiro atoms. The lowest BCUT2D eigenvalue weighted by Crippen LogP contribution is -2.42. The van der Waals surface area contributed by atoms with Crippen molar-refractivity contribution in [3.05, 3.63) is 56.9 Å². The van der Waals surface area contributed by atoms with Crippen molar-refractivity contribution in [3.8, 4) is 0 Å². The number of aromatic amines is 2. The second-order valence-electron chi connectivity index (χ2n) is 7.04. The van der Waals surface area contributed by atoms with Crippen molar-refractivity contribution in [3.63, 3.8) is 0 Å². The fourth-order valence-electron chi connectivity index (χ4n) is 3.54. The molecule has 160 valence electrons. The standard InChI is InChI=1S/C21H27N5O4/c1-3-10-26-19(22)18(20(28)24-21(26)29)25(11-12-30-2)17(27)9-8-14-13-23-16-7-5-4-6-15(14)16/h4-7,13,23H,3,8-12,22H2,1-2H3,(H,24,28,29). The summed E-state index contributed by atoms with van der Waals surface area (Å²) < 4.78 is 6.39. The van der Waals surface area contributed by atoms with E-state index in [2.05, 4.69) is 9.97 Å². The van der Waals surface area contributed by atoms with E-state index in [4.69, 9.17) is 10.5 Å². The molecular weight excluding hydrogens is 386 g/mol. The number of rotatable bonds is 9. The maximum absolute atomic E-state index is 13.1. The lowest BCUT2D eigenvalue weighted by atomic mass is 10.1. The normalized spacial score (nSPS) is 11.1. The lowest BCUT2D eigenvalue weighted by molar-refractivity contribution is -0.118. The zero-order valence-corrected chi connectivity index (χ0v) is 17.2. The van der Waals surface area contributed by atoms with Crippen LogP contribution in [0.15, 0.2) is 40.1 Å². The van der Waals surface area contributed by atoms with E-state index in [-0.39, 0.29) is 37.0 Å². The van der Waals surface area contributed by atoms with E-state index in [0.717, 1.165) is 16.5 Å². The first-order valence-electron chi connectivity index (χ1n) is 9.94. The van der Waals surface area contributed by atoms with Crippen molar-refractivity contribution in [1.82, 2.24) is 14.5 Å². The third kappa shape index (κ3) is 4.30. The molecule has 0 unspecified atom stereocenters. The number of amides is 1. The number of anilines is 2. The maximum Gasteiger partial charge on any atom is 0.330 e. The predicted molar refractivity (Wildman–Crippen MR) is 117 cm³/mol. The summed E-state index contributed by atoms with van der Waals surface area (Å²) in [4.78, 5) is 44.5. The molecule has 1 aromatic carbocycles. The maximum atomic E-state index is 13.1. The Kier molecular flexibility index (Phi) is 6.73. The van der Waals surface area contributed by atoms with Crippen LogP contribution < -0.4 is 21.9 Å². The number of carbonyl (C=O) groups excluding carboxylic acids is 1. The third-order valence-corrected chi connectivity index (χ3v) is 5.03. The summed E-state index contributed by atoms with van der Waals surface area (Å²) in [6.45, 7) is 2.62. The molecule has 2 aromatic heterocycles. The highest BCUT2D eigenvalue weighted by Gasteiger charge is 2.24. The molecule has 0 saturated heterocycles. The molecule has 3 aromatic rings. The van der Waals surface area contributed by atoms with Gasteiger partial charge in [-0.25, -0.2) is 4.79 Å². The van der Waals surface area contributed by atoms with Gasteiger partial charge in [-0.15, -0.1) is 0 Å². The largest absolute Gasteiger partial charge is 0.383 e. The van der Waals surface area contributed by atoms with Gasteiger partial charge in [0.2, 0.25) is 5.91 Å². The summed E-state index contributed by atoms with van der Waals surface area (Å²) in [6, 6.07) is 7.87. The van der Waals surface area contributed by atoms with Crippen LogP contribution in [0.1, 0.15) is 25.3 Å². The molecule has 0 atom stereocenters. The summed E-state index contributed by atoms with van der Waals surface area (Å²) in [5.41, 5.74) is 6.90. The van der Waals surface area contributed by atoms with Crippen molar-refractivity contribution < 1.29 is 9.53 Å². The number of benzene rings is 1. The summed E-state index contributed by atoms with van der Waals surface area (Å²) >= 11 is 0. The first-order chi connectivity index (χ1) is 14.5. The molecule has 0 bridgehead atoms. The molecule has 3 rings (SSSR count). The van der Waals surface area contributed by atoms with E-state index >= 15 is 0 Å². The first-order valence-corrected chi connectivity index (χ1v) is 9.94. The van der Waals surface area contributed by atoms with Gasteiger partial charge in [-0.1, -0.05) is 25.1 Å². The molecule has 1 amide bonds. The van der Waals surface area contributed by atoms with Crippen LogP contribution in [-0.2, 0) is 22.5 Å². The van der Waals surface area contributed by atoms with Crippen LogP contribution in [0.4, 0.5) is 11.5 Å². The lowest BCUT2D eigenvalue weighted by Gasteiger charge is -2.24. The molecule has 0 aliphatic carbocycles. The van der Waals surface area contributed by atoms with Crippen molar-refractivity contribution >= 4 is 28.3 Å². The van der Waals surface area contributed by atoms with E-state index in [1.54, 1.807) is 0 Å². The quantitative estimate of drug-likeness (QED) is 0.491. The Labute approximate surface area is 173 Å². The zero-order valence-electron chi connectivity index (χ0n) is 17.2. The average Bonchev–Trinajstić information content (AvgIpc) is 3.14. The van der Waals surface area contributed by atoms with Crippen LogP contribution in [-0.4, -0.2) is 40.7 Å². The van der Waals surface area contributed by atoms with Crippen LogP contribution in [0.2, 0.25) is 0 Å². The Hall–Kier alpha value is -3.33. The van der Waals surface area contributed by atoms with Gasteiger partial charge in [-0.2, -0.15) is 0 Å². The zero-order chi connectivity index (χ0) is 21.7. The number of hydrogen-bond acceptors (Lipinski definition) is 5. The molecule has 0 saturated carbocycles. The van der Waals surface area contributed by atoms with Gasteiger partial charge in [-0.05, 0) is 24.5 Å². The molecule has 9 heteroatoms. The third-order valence-electron chi connectivity index (χ3n) is 5.03. The SMILES string of the molecule is CCCn1c(N)c(N(CCOC)C(=O)CCc2c[nH]c3ccccc23)c(=O)[nH]c1=O. The summed E-state index contributed by atoms with van der Waals surface area (Å²) in [5.74, 6) is -0.279. The Morgan fingerprint density at radius 1 is 1.27 bits per heavy atom. The van der Waals surface area contributed by atoms with Crippen LogP contribution in [0, 0.1) is 0 Å². The Morgan fingerprint density at radius 3 is 2.77 bits per heavy atom. The number of H-pyrrole nitrogens is 2. The number of hydrogen-bond donors (Lipinski definition) is 3. The van der Waals surface area contributed by atoms with Gasteiger partial charge in [0.05, 0.1) is 6.61 Å². The highest BCUT2D eigenvalue weighted by atomic mass is 16.5. The van der Waals surface area contributed by atoms with Gasteiger partial charge in [0.25, 0.3) is 5.56 Å². The molecule has 0 aliphatic heterocycles. The van der Waals surface area contributed by atoms with E-state index in [0.29, 0.717) is 19.4 Å². The molecule has 0 fully saturated rings. The van der Waals surface area contributed by atoms with Gasteiger partial charge in [0, 0.05) is 43.7 Å².